The highest BCUT2D eigenvalue weighted by Gasteiger charge is 2.25. The highest BCUT2D eigenvalue weighted by atomic mass is 19.1. The van der Waals surface area contributed by atoms with Crippen LogP contribution in [0.25, 0.3) is 0 Å². The zero-order valence-corrected chi connectivity index (χ0v) is 17.7. The van der Waals surface area contributed by atoms with Gasteiger partial charge in [0.1, 0.15) is 5.82 Å². The van der Waals surface area contributed by atoms with Gasteiger partial charge in [-0.05, 0) is 69.2 Å². The Balaban J connectivity index is 1.44. The molecular weight excluding hydrogens is 369 g/mol. The van der Waals surface area contributed by atoms with Gasteiger partial charge in [-0.15, -0.1) is 0 Å². The number of rotatable bonds is 8. The molecule has 0 radical (unpaired) electrons. The summed E-state index contributed by atoms with van der Waals surface area (Å²) in [6, 6.07) is 6.88. The van der Waals surface area contributed by atoms with Gasteiger partial charge in [-0.25, -0.2) is 4.39 Å². The number of halogens is 1. The molecule has 6 heteroatoms. The number of aliphatic hydroxyl groups excluding tert-OH is 1. The van der Waals surface area contributed by atoms with E-state index in [0.717, 1.165) is 83.5 Å². The molecule has 1 aromatic carbocycles. The molecule has 0 aromatic heterocycles. The molecule has 0 aliphatic carbocycles. The van der Waals surface area contributed by atoms with Crippen molar-refractivity contribution < 1.29 is 14.3 Å². The van der Waals surface area contributed by atoms with E-state index in [9.17, 15) is 14.3 Å². The fraction of sp³-hybridized carbons (Fsp3) is 0.696. The van der Waals surface area contributed by atoms with E-state index >= 15 is 0 Å². The highest BCUT2D eigenvalue weighted by Crippen LogP contribution is 2.19. The van der Waals surface area contributed by atoms with Crippen LogP contribution in [0.2, 0.25) is 0 Å². The number of nitrogens with zero attached hydrogens (tertiary/aromatic N) is 3. The third-order valence-electron chi connectivity index (χ3n) is 6.34. The lowest BCUT2D eigenvalue weighted by molar-refractivity contribution is -0.133. The molecule has 2 aliphatic rings. The molecule has 0 unspecified atom stereocenters. The Morgan fingerprint density at radius 3 is 2.72 bits per heavy atom. The minimum Gasteiger partial charge on any atom is -0.393 e. The smallest absolute Gasteiger partial charge is 0.236 e. The maximum absolute atomic E-state index is 13.4. The molecule has 0 bridgehead atoms. The van der Waals surface area contributed by atoms with Crippen molar-refractivity contribution in [2.45, 2.75) is 45.1 Å². The predicted octanol–water partition coefficient (Wildman–Crippen LogP) is 2.39. The van der Waals surface area contributed by atoms with Crippen LogP contribution in [-0.4, -0.2) is 84.2 Å². The molecule has 2 fully saturated rings. The van der Waals surface area contributed by atoms with Crippen molar-refractivity contribution in [3.8, 4) is 0 Å². The molecule has 0 saturated carbocycles. The van der Waals surface area contributed by atoms with E-state index in [1.54, 1.807) is 12.1 Å². The first kappa shape index (κ1) is 22.2. The van der Waals surface area contributed by atoms with Crippen molar-refractivity contribution in [1.29, 1.82) is 0 Å². The monoisotopic (exact) mass is 405 g/mol. The van der Waals surface area contributed by atoms with Crippen molar-refractivity contribution in [2.75, 3.05) is 52.4 Å². The third kappa shape index (κ3) is 7.05. The van der Waals surface area contributed by atoms with Crippen molar-refractivity contribution in [3.63, 3.8) is 0 Å². The molecule has 1 amide bonds. The number of carbonyl (C=O) groups excluding carboxylic acids is 1. The van der Waals surface area contributed by atoms with Crippen molar-refractivity contribution in [3.05, 3.63) is 35.6 Å². The Bertz CT molecular complexity index is 649. The van der Waals surface area contributed by atoms with Crippen LogP contribution in [0.15, 0.2) is 24.3 Å². The Hall–Kier alpha value is -1.50. The van der Waals surface area contributed by atoms with Crippen molar-refractivity contribution in [2.24, 2.45) is 5.92 Å². The number of hydrogen-bond donors (Lipinski definition) is 1. The Morgan fingerprint density at radius 1 is 1.21 bits per heavy atom. The Morgan fingerprint density at radius 2 is 2.00 bits per heavy atom. The summed E-state index contributed by atoms with van der Waals surface area (Å²) in [5, 5.41) is 9.64. The van der Waals surface area contributed by atoms with Gasteiger partial charge in [0, 0.05) is 39.3 Å². The molecule has 2 heterocycles. The van der Waals surface area contributed by atoms with Gasteiger partial charge in [-0.2, -0.15) is 0 Å². The zero-order chi connectivity index (χ0) is 20.6. The first-order chi connectivity index (χ1) is 14.0. The van der Waals surface area contributed by atoms with Gasteiger partial charge in [0.05, 0.1) is 12.6 Å². The Kier molecular flexibility index (Phi) is 8.45. The van der Waals surface area contributed by atoms with E-state index in [-0.39, 0.29) is 17.8 Å². The van der Waals surface area contributed by atoms with Crippen LogP contribution in [0.4, 0.5) is 4.39 Å². The number of benzene rings is 1. The van der Waals surface area contributed by atoms with Crippen LogP contribution in [0.3, 0.4) is 0 Å². The molecule has 2 aliphatic heterocycles. The van der Waals surface area contributed by atoms with Gasteiger partial charge in [0.2, 0.25) is 5.91 Å². The van der Waals surface area contributed by atoms with Gasteiger partial charge in [0.15, 0.2) is 0 Å². The maximum atomic E-state index is 13.4. The average molecular weight is 406 g/mol. The fourth-order valence-electron chi connectivity index (χ4n) is 4.57. The van der Waals surface area contributed by atoms with Gasteiger partial charge >= 0.3 is 0 Å². The van der Waals surface area contributed by atoms with Gasteiger partial charge in [0.25, 0.3) is 0 Å². The second kappa shape index (κ2) is 11.0. The standard InChI is InChI=1S/C23H36FN3O2/c1-2-27(23(29)18-26-13-9-22(28)10-14-26)17-20-6-4-11-25(16-20)12-8-19-5-3-7-21(24)15-19/h3,5,7,15,20,22,28H,2,4,6,8-14,16-18H2,1H3/t20-/m1/s1. The fourth-order valence-corrected chi connectivity index (χ4v) is 4.57. The summed E-state index contributed by atoms with van der Waals surface area (Å²) in [4.78, 5) is 19.4. The average Bonchev–Trinajstić information content (AvgIpc) is 2.72. The quantitative estimate of drug-likeness (QED) is 0.722. The number of carbonyl (C=O) groups is 1. The molecule has 1 atom stereocenters. The second-order valence-corrected chi connectivity index (χ2v) is 8.63. The lowest BCUT2D eigenvalue weighted by atomic mass is 9.96. The number of likely N-dealkylation sites (N-methyl/N-ethyl adjacent to an activating group) is 1. The predicted molar refractivity (Wildman–Crippen MR) is 113 cm³/mol. The minimum atomic E-state index is -0.204. The summed E-state index contributed by atoms with van der Waals surface area (Å²) in [6.45, 7) is 8.74. The molecule has 1 N–H and O–H groups in total. The van der Waals surface area contributed by atoms with Crippen molar-refractivity contribution >= 4 is 5.91 Å². The molecular formula is C23H36FN3O2. The summed E-state index contributed by atoms with van der Waals surface area (Å²) in [5.74, 6) is 0.545. The van der Waals surface area contributed by atoms with Crippen molar-refractivity contribution in [1.82, 2.24) is 14.7 Å². The van der Waals surface area contributed by atoms with E-state index in [1.165, 1.54) is 6.07 Å². The summed E-state index contributed by atoms with van der Waals surface area (Å²) in [6.07, 6.45) is 4.51. The van der Waals surface area contributed by atoms with Gasteiger partial charge in [-0.1, -0.05) is 12.1 Å². The van der Waals surface area contributed by atoms with E-state index in [1.807, 2.05) is 11.0 Å². The Labute approximate surface area is 174 Å². The molecule has 2 saturated heterocycles. The number of hydrogen-bond acceptors (Lipinski definition) is 4. The zero-order valence-electron chi connectivity index (χ0n) is 17.7. The maximum Gasteiger partial charge on any atom is 0.236 e. The van der Waals surface area contributed by atoms with Crippen LogP contribution in [0.5, 0.6) is 0 Å². The molecule has 162 valence electrons. The van der Waals surface area contributed by atoms with Crippen LogP contribution in [0, 0.1) is 11.7 Å². The number of aliphatic hydroxyl groups is 1. The lowest BCUT2D eigenvalue weighted by Gasteiger charge is -2.36. The number of amides is 1. The SMILES string of the molecule is CCN(C[C@@H]1CCCN(CCc2cccc(F)c2)C1)C(=O)CN1CCC(O)CC1. The second-order valence-electron chi connectivity index (χ2n) is 8.63. The van der Waals surface area contributed by atoms with Crippen LogP contribution in [0.1, 0.15) is 38.2 Å². The largest absolute Gasteiger partial charge is 0.393 e. The normalized spacial score (nSPS) is 22.0. The topological polar surface area (TPSA) is 47.0 Å². The third-order valence-corrected chi connectivity index (χ3v) is 6.34. The van der Waals surface area contributed by atoms with E-state index in [0.29, 0.717) is 12.5 Å². The van der Waals surface area contributed by atoms with Crippen LogP contribution < -0.4 is 0 Å². The summed E-state index contributed by atoms with van der Waals surface area (Å²) in [7, 11) is 0. The number of piperidine rings is 2. The first-order valence-corrected chi connectivity index (χ1v) is 11.2. The van der Waals surface area contributed by atoms with E-state index < -0.39 is 0 Å². The van der Waals surface area contributed by atoms with Crippen LogP contribution in [-0.2, 0) is 11.2 Å². The minimum absolute atomic E-state index is 0.167. The van der Waals surface area contributed by atoms with E-state index in [4.69, 9.17) is 0 Å². The van der Waals surface area contributed by atoms with Gasteiger partial charge in [-0.3, -0.25) is 9.69 Å². The highest BCUT2D eigenvalue weighted by molar-refractivity contribution is 5.78. The molecule has 5 nitrogen and oxygen atoms in total. The molecule has 3 rings (SSSR count). The molecule has 29 heavy (non-hydrogen) atoms. The summed E-state index contributed by atoms with van der Waals surface area (Å²) >= 11 is 0. The van der Waals surface area contributed by atoms with Crippen LogP contribution >= 0.6 is 0 Å². The lowest BCUT2D eigenvalue weighted by Crippen LogP contribution is -2.47. The summed E-state index contributed by atoms with van der Waals surface area (Å²) < 4.78 is 13.4. The first-order valence-electron chi connectivity index (χ1n) is 11.2. The van der Waals surface area contributed by atoms with E-state index in [2.05, 4.69) is 16.7 Å². The van der Waals surface area contributed by atoms with Gasteiger partial charge < -0.3 is 14.9 Å². The number of likely N-dealkylation sites (tertiary alicyclic amines) is 2. The summed E-state index contributed by atoms with van der Waals surface area (Å²) in [5.41, 5.74) is 1.05. The molecule has 0 spiro atoms. The molecule has 1 aromatic rings.